The predicted octanol–water partition coefficient (Wildman–Crippen LogP) is 8.06. The van der Waals surface area contributed by atoms with Crippen molar-refractivity contribution < 1.29 is 31.9 Å². The Kier molecular flexibility index (Phi) is 11.2. The molecule has 1 aromatic carbocycles. The van der Waals surface area contributed by atoms with Crippen LogP contribution in [0.25, 0.3) is 0 Å². The second kappa shape index (κ2) is 13.2. The van der Waals surface area contributed by atoms with Crippen LogP contribution in [0.3, 0.4) is 0 Å². The van der Waals surface area contributed by atoms with E-state index in [1.165, 1.54) is 24.9 Å². The van der Waals surface area contributed by atoms with Gasteiger partial charge in [0.2, 0.25) is 0 Å². The first-order valence-electron chi connectivity index (χ1n) is 13.3. The standard InChI is InChI=1S/C30H42F3NO4SSi/c1-18-13-19(2)26(20(3)14-18)27(28(36)37-8)23(35)15-24(38-40(9,10)29(5,6)7)21(4)17-39-25-12-11-22(16-34-25)30(31,32)33/h11-14,16,21,24,27H,15,17H2,1-10H3. The van der Waals surface area contributed by atoms with E-state index >= 15 is 0 Å². The fourth-order valence-electron chi connectivity index (χ4n) is 4.36. The van der Waals surface area contributed by atoms with Crippen LogP contribution in [0.15, 0.2) is 35.5 Å². The van der Waals surface area contributed by atoms with Gasteiger partial charge in [0.25, 0.3) is 0 Å². The lowest BCUT2D eigenvalue weighted by atomic mass is 9.84. The number of pyridine rings is 1. The summed E-state index contributed by atoms with van der Waals surface area (Å²) in [6.45, 7) is 18.2. The lowest BCUT2D eigenvalue weighted by molar-refractivity contribution is -0.146. The number of rotatable bonds is 11. The molecule has 0 saturated carbocycles. The van der Waals surface area contributed by atoms with Crippen LogP contribution in [-0.2, 0) is 24.9 Å². The van der Waals surface area contributed by atoms with Gasteiger partial charge >= 0.3 is 12.1 Å². The average molecular weight is 598 g/mol. The number of aromatic nitrogens is 1. The molecule has 3 atom stereocenters. The number of halogens is 3. The van der Waals surface area contributed by atoms with Crippen LogP contribution < -0.4 is 0 Å². The minimum absolute atomic E-state index is 0.00119. The average Bonchev–Trinajstić information content (AvgIpc) is 2.82. The van der Waals surface area contributed by atoms with E-state index in [4.69, 9.17) is 9.16 Å². The molecule has 1 heterocycles. The Morgan fingerprint density at radius 2 is 1.62 bits per heavy atom. The van der Waals surface area contributed by atoms with Crippen LogP contribution in [0.5, 0.6) is 0 Å². The van der Waals surface area contributed by atoms with Gasteiger partial charge in [-0.2, -0.15) is 13.2 Å². The summed E-state index contributed by atoms with van der Waals surface area (Å²) in [6.07, 6.45) is -4.13. The Balaban J connectivity index is 2.37. The first-order valence-corrected chi connectivity index (χ1v) is 17.2. The van der Waals surface area contributed by atoms with E-state index in [2.05, 4.69) is 38.8 Å². The molecule has 0 fully saturated rings. The molecule has 0 saturated heterocycles. The number of ether oxygens (including phenoxy) is 1. The van der Waals surface area contributed by atoms with Gasteiger partial charge in [0.15, 0.2) is 14.1 Å². The molecular formula is C30H42F3NO4SSi. The van der Waals surface area contributed by atoms with Crippen molar-refractivity contribution >= 4 is 31.8 Å². The van der Waals surface area contributed by atoms with E-state index in [0.29, 0.717) is 16.3 Å². The lowest BCUT2D eigenvalue weighted by Gasteiger charge is -2.41. The Bertz CT molecular complexity index is 1170. The summed E-state index contributed by atoms with van der Waals surface area (Å²) in [4.78, 5) is 30.8. The second-order valence-electron chi connectivity index (χ2n) is 12.0. The van der Waals surface area contributed by atoms with Crippen LogP contribution >= 0.6 is 11.8 Å². The number of nitrogens with zero attached hydrogens (tertiary/aromatic N) is 1. The fourth-order valence-corrected chi connectivity index (χ4v) is 6.73. The monoisotopic (exact) mass is 597 g/mol. The summed E-state index contributed by atoms with van der Waals surface area (Å²) in [5, 5.41) is 0.331. The SMILES string of the molecule is COC(=O)C(C(=O)CC(O[Si](C)(C)C(C)(C)C)C(C)CSc1ccc(C(F)(F)F)cn1)c1c(C)cc(C)cc1C. The maximum atomic E-state index is 13.9. The zero-order chi connectivity index (χ0) is 30.6. The number of esters is 1. The van der Waals surface area contributed by atoms with Crippen molar-refractivity contribution in [1.82, 2.24) is 4.98 Å². The largest absolute Gasteiger partial charge is 0.468 e. The highest BCUT2D eigenvalue weighted by atomic mass is 32.2. The zero-order valence-electron chi connectivity index (χ0n) is 25.2. The van der Waals surface area contributed by atoms with Crippen LogP contribution in [0, 0.1) is 26.7 Å². The van der Waals surface area contributed by atoms with Crippen LogP contribution in [0.2, 0.25) is 18.1 Å². The first-order chi connectivity index (χ1) is 18.3. The molecule has 0 aliphatic carbocycles. The smallest absolute Gasteiger partial charge is 0.417 e. The van der Waals surface area contributed by atoms with Gasteiger partial charge in [-0.25, -0.2) is 4.98 Å². The second-order valence-corrected chi connectivity index (χ2v) is 17.8. The van der Waals surface area contributed by atoms with Crippen LogP contribution in [0.1, 0.15) is 67.9 Å². The van der Waals surface area contributed by atoms with E-state index in [1.807, 2.05) is 39.8 Å². The minimum atomic E-state index is -4.45. The van der Waals surface area contributed by atoms with Crippen molar-refractivity contribution in [1.29, 1.82) is 0 Å². The molecule has 3 unspecified atom stereocenters. The normalized spacial score (nSPS) is 14.9. The van der Waals surface area contributed by atoms with Gasteiger partial charge in [-0.3, -0.25) is 9.59 Å². The summed E-state index contributed by atoms with van der Waals surface area (Å²) in [5.74, 6) is -1.66. The number of hydrogen-bond donors (Lipinski definition) is 0. The van der Waals surface area contributed by atoms with Crippen molar-refractivity contribution in [2.75, 3.05) is 12.9 Å². The van der Waals surface area contributed by atoms with E-state index in [9.17, 15) is 22.8 Å². The third-order valence-corrected chi connectivity index (χ3v) is 13.4. The Labute approximate surface area is 241 Å². The van der Waals surface area contributed by atoms with Crippen LogP contribution in [-0.4, -0.2) is 44.0 Å². The minimum Gasteiger partial charge on any atom is -0.468 e. The molecule has 0 aliphatic rings. The summed E-state index contributed by atoms with van der Waals surface area (Å²) in [5.41, 5.74) is 2.59. The van der Waals surface area contributed by atoms with Gasteiger partial charge in [-0.1, -0.05) is 45.4 Å². The molecule has 2 aromatic rings. The summed E-state index contributed by atoms with van der Waals surface area (Å²) in [6, 6.07) is 6.27. The highest BCUT2D eigenvalue weighted by molar-refractivity contribution is 7.99. The number of benzene rings is 1. The predicted molar refractivity (Wildman–Crippen MR) is 156 cm³/mol. The number of hydrogen-bond acceptors (Lipinski definition) is 6. The molecule has 1 aromatic heterocycles. The Morgan fingerprint density at radius 3 is 2.08 bits per heavy atom. The number of Topliss-reactive ketones (excluding diaryl/α,β-unsaturated/α-hetero) is 1. The summed E-state index contributed by atoms with van der Waals surface area (Å²) >= 11 is 1.31. The molecule has 0 N–H and O–H groups in total. The molecule has 5 nitrogen and oxygen atoms in total. The number of carbonyl (C=O) groups is 2. The third-order valence-electron chi connectivity index (χ3n) is 7.63. The summed E-state index contributed by atoms with van der Waals surface area (Å²) in [7, 11) is -1.05. The molecule has 0 amide bonds. The van der Waals surface area contributed by atoms with Crippen molar-refractivity contribution in [2.24, 2.45) is 5.92 Å². The van der Waals surface area contributed by atoms with Gasteiger partial charge in [0, 0.05) is 18.4 Å². The van der Waals surface area contributed by atoms with Crippen molar-refractivity contribution in [2.45, 2.75) is 96.2 Å². The highest BCUT2D eigenvalue weighted by Crippen LogP contribution is 2.40. The van der Waals surface area contributed by atoms with Gasteiger partial charge < -0.3 is 9.16 Å². The van der Waals surface area contributed by atoms with E-state index in [-0.39, 0.29) is 23.2 Å². The van der Waals surface area contributed by atoms with Gasteiger partial charge in [-0.05, 0) is 73.6 Å². The van der Waals surface area contributed by atoms with E-state index in [1.54, 1.807) is 0 Å². The molecule has 0 spiro atoms. The van der Waals surface area contributed by atoms with Crippen molar-refractivity contribution in [3.8, 4) is 0 Å². The quantitative estimate of drug-likeness (QED) is 0.113. The van der Waals surface area contributed by atoms with Crippen LogP contribution in [0.4, 0.5) is 13.2 Å². The maximum absolute atomic E-state index is 13.9. The number of ketones is 1. The van der Waals surface area contributed by atoms with E-state index in [0.717, 1.165) is 29.0 Å². The molecule has 10 heteroatoms. The molecule has 0 radical (unpaired) electrons. The molecule has 0 aliphatic heterocycles. The van der Waals surface area contributed by atoms with Crippen molar-refractivity contribution in [3.05, 3.63) is 58.3 Å². The van der Waals surface area contributed by atoms with E-state index < -0.39 is 38.0 Å². The molecular weight excluding hydrogens is 555 g/mol. The summed E-state index contributed by atoms with van der Waals surface area (Å²) < 4.78 is 50.6. The van der Waals surface area contributed by atoms with Gasteiger partial charge in [0.05, 0.1) is 23.8 Å². The van der Waals surface area contributed by atoms with Gasteiger partial charge in [-0.15, -0.1) is 11.8 Å². The number of methoxy groups -OCH3 is 1. The molecule has 2 rings (SSSR count). The highest BCUT2D eigenvalue weighted by Gasteiger charge is 2.42. The fraction of sp³-hybridized carbons (Fsp3) is 0.567. The molecule has 222 valence electrons. The zero-order valence-corrected chi connectivity index (χ0v) is 27.0. The number of thioether (sulfide) groups is 1. The Hall–Kier alpha value is -2.17. The lowest BCUT2D eigenvalue weighted by Crippen LogP contribution is -2.46. The number of aryl methyl sites for hydroxylation is 3. The van der Waals surface area contributed by atoms with Crippen molar-refractivity contribution in [3.63, 3.8) is 0 Å². The number of alkyl halides is 3. The topological polar surface area (TPSA) is 65.5 Å². The third kappa shape index (κ3) is 8.66. The molecule has 0 bridgehead atoms. The number of carbonyl (C=O) groups excluding carboxylic acids is 2. The Morgan fingerprint density at radius 1 is 1.05 bits per heavy atom. The van der Waals surface area contributed by atoms with Gasteiger partial charge in [0.1, 0.15) is 5.92 Å². The first kappa shape index (κ1) is 34.0. The maximum Gasteiger partial charge on any atom is 0.417 e. The molecule has 40 heavy (non-hydrogen) atoms.